The Hall–Kier alpha value is -2.54. The standard InChI is InChI=1S/C14H11N3O3S/c1-8-12(18)15-14-17(16-8)13(19)11(21-14)7-9-4-3-5-10(6-9)20-2/h3-7H,1-2H3/b11-7+. The van der Waals surface area contributed by atoms with Crippen molar-refractivity contribution in [3.05, 3.63) is 60.8 Å². The van der Waals surface area contributed by atoms with Gasteiger partial charge >= 0.3 is 0 Å². The molecule has 0 aliphatic heterocycles. The van der Waals surface area contributed by atoms with Crippen LogP contribution in [0.1, 0.15) is 11.3 Å². The Morgan fingerprint density at radius 2 is 2.14 bits per heavy atom. The summed E-state index contributed by atoms with van der Waals surface area (Å²) in [6, 6.07) is 7.35. The van der Waals surface area contributed by atoms with Crippen LogP contribution in [0.15, 0.2) is 33.9 Å². The Morgan fingerprint density at radius 3 is 2.90 bits per heavy atom. The van der Waals surface area contributed by atoms with E-state index < -0.39 is 5.56 Å². The minimum Gasteiger partial charge on any atom is -0.497 e. The third-order valence-electron chi connectivity index (χ3n) is 2.93. The van der Waals surface area contributed by atoms with Gasteiger partial charge < -0.3 is 4.74 Å². The predicted octanol–water partition coefficient (Wildman–Crippen LogP) is 0.376. The lowest BCUT2D eigenvalue weighted by atomic mass is 10.2. The van der Waals surface area contributed by atoms with Gasteiger partial charge in [-0.05, 0) is 30.7 Å². The number of aryl methyl sites for hydroxylation is 1. The molecule has 0 fully saturated rings. The summed E-state index contributed by atoms with van der Waals surface area (Å²) in [6.07, 6.45) is 1.73. The highest BCUT2D eigenvalue weighted by atomic mass is 32.1. The van der Waals surface area contributed by atoms with Crippen LogP contribution in [0.3, 0.4) is 0 Å². The SMILES string of the molecule is COc1cccc(/C=c2/sc3nc(=O)c(C)nn3c2=O)c1. The zero-order valence-corrected chi connectivity index (χ0v) is 12.2. The molecule has 0 N–H and O–H groups in total. The summed E-state index contributed by atoms with van der Waals surface area (Å²) < 4.78 is 6.77. The minimum absolute atomic E-state index is 0.204. The van der Waals surface area contributed by atoms with Gasteiger partial charge in [0, 0.05) is 0 Å². The smallest absolute Gasteiger partial charge is 0.295 e. The second kappa shape index (κ2) is 5.10. The van der Waals surface area contributed by atoms with Gasteiger partial charge in [-0.2, -0.15) is 14.6 Å². The molecule has 0 bridgehead atoms. The van der Waals surface area contributed by atoms with Crippen LogP contribution >= 0.6 is 11.3 Å². The van der Waals surface area contributed by atoms with E-state index in [1.807, 2.05) is 24.3 Å². The van der Waals surface area contributed by atoms with Crippen molar-refractivity contribution in [1.82, 2.24) is 14.6 Å². The summed E-state index contributed by atoms with van der Waals surface area (Å²) in [7, 11) is 1.58. The van der Waals surface area contributed by atoms with Gasteiger partial charge in [-0.25, -0.2) is 0 Å². The monoisotopic (exact) mass is 301 g/mol. The first-order chi connectivity index (χ1) is 10.1. The molecule has 3 aromatic rings. The molecular formula is C14H11N3O3S. The van der Waals surface area contributed by atoms with Crippen LogP contribution in [0, 0.1) is 6.92 Å². The second-order valence-corrected chi connectivity index (χ2v) is 5.40. The highest BCUT2D eigenvalue weighted by Gasteiger charge is 2.08. The molecule has 0 radical (unpaired) electrons. The average molecular weight is 301 g/mol. The molecule has 1 aromatic carbocycles. The second-order valence-electron chi connectivity index (χ2n) is 4.39. The van der Waals surface area contributed by atoms with Crippen molar-refractivity contribution >= 4 is 22.4 Å². The van der Waals surface area contributed by atoms with Crippen molar-refractivity contribution in [2.45, 2.75) is 6.92 Å². The van der Waals surface area contributed by atoms with Crippen LogP contribution < -0.4 is 20.4 Å². The van der Waals surface area contributed by atoms with E-state index in [1.54, 1.807) is 13.2 Å². The summed E-state index contributed by atoms with van der Waals surface area (Å²) >= 11 is 1.14. The molecule has 21 heavy (non-hydrogen) atoms. The fraction of sp³-hybridized carbons (Fsp3) is 0.143. The Labute approximate surface area is 123 Å². The maximum absolute atomic E-state index is 12.3. The highest BCUT2D eigenvalue weighted by Crippen LogP contribution is 2.12. The largest absolute Gasteiger partial charge is 0.497 e. The number of nitrogens with zero attached hydrogens (tertiary/aromatic N) is 3. The molecule has 0 saturated carbocycles. The Morgan fingerprint density at radius 1 is 1.33 bits per heavy atom. The predicted molar refractivity (Wildman–Crippen MR) is 79.9 cm³/mol. The summed E-state index contributed by atoms with van der Waals surface area (Å²) in [5.74, 6) is 0.707. The van der Waals surface area contributed by atoms with Crippen LogP contribution in [-0.2, 0) is 0 Å². The molecule has 3 rings (SSSR count). The number of benzene rings is 1. The summed E-state index contributed by atoms with van der Waals surface area (Å²) in [6.45, 7) is 1.53. The Bertz CT molecular complexity index is 991. The molecule has 0 amide bonds. The van der Waals surface area contributed by atoms with E-state index in [-0.39, 0.29) is 11.3 Å². The zero-order chi connectivity index (χ0) is 15.0. The van der Waals surface area contributed by atoms with Gasteiger partial charge in [0.1, 0.15) is 11.4 Å². The molecule has 0 aliphatic carbocycles. The minimum atomic E-state index is -0.413. The first-order valence-corrected chi connectivity index (χ1v) is 6.96. The van der Waals surface area contributed by atoms with Crippen LogP contribution in [0.25, 0.3) is 11.0 Å². The lowest BCUT2D eigenvalue weighted by Gasteiger charge is -1.98. The molecule has 6 nitrogen and oxygen atoms in total. The molecule has 2 heterocycles. The van der Waals surface area contributed by atoms with E-state index in [4.69, 9.17) is 4.74 Å². The van der Waals surface area contributed by atoms with Crippen LogP contribution in [-0.4, -0.2) is 21.7 Å². The van der Waals surface area contributed by atoms with Crippen LogP contribution in [0.2, 0.25) is 0 Å². The van der Waals surface area contributed by atoms with Crippen LogP contribution in [0.4, 0.5) is 0 Å². The van der Waals surface area contributed by atoms with Gasteiger partial charge in [0.15, 0.2) is 0 Å². The van der Waals surface area contributed by atoms with Gasteiger partial charge in [-0.15, -0.1) is 0 Å². The van der Waals surface area contributed by atoms with Gasteiger partial charge in [-0.1, -0.05) is 23.5 Å². The van der Waals surface area contributed by atoms with Gasteiger partial charge in [-0.3, -0.25) is 9.59 Å². The number of hydrogen-bond acceptors (Lipinski definition) is 6. The Balaban J connectivity index is 2.25. The topological polar surface area (TPSA) is 73.6 Å². The van der Waals surface area contributed by atoms with Crippen molar-refractivity contribution in [2.75, 3.05) is 7.11 Å². The number of thiazole rings is 1. The molecule has 106 valence electrons. The van der Waals surface area contributed by atoms with E-state index in [0.29, 0.717) is 15.2 Å². The quantitative estimate of drug-likeness (QED) is 0.684. The molecular weight excluding hydrogens is 290 g/mol. The van der Waals surface area contributed by atoms with Crippen molar-refractivity contribution in [3.63, 3.8) is 0 Å². The third-order valence-corrected chi connectivity index (χ3v) is 3.89. The number of fused-ring (bicyclic) bond motifs is 1. The molecule has 0 spiro atoms. The van der Waals surface area contributed by atoms with Crippen LogP contribution in [0.5, 0.6) is 5.75 Å². The zero-order valence-electron chi connectivity index (χ0n) is 11.4. The molecule has 2 aromatic heterocycles. The van der Waals surface area contributed by atoms with Crippen molar-refractivity contribution in [3.8, 4) is 5.75 Å². The van der Waals surface area contributed by atoms with Crippen molar-refractivity contribution in [2.24, 2.45) is 0 Å². The van der Waals surface area contributed by atoms with Gasteiger partial charge in [0.25, 0.3) is 11.1 Å². The van der Waals surface area contributed by atoms with Gasteiger partial charge in [0.05, 0.1) is 11.6 Å². The summed E-state index contributed by atoms with van der Waals surface area (Å²) in [4.78, 5) is 27.9. The molecule has 0 aliphatic rings. The summed E-state index contributed by atoms with van der Waals surface area (Å²) in [5.41, 5.74) is 0.339. The molecule has 7 heteroatoms. The van der Waals surface area contributed by atoms with E-state index in [9.17, 15) is 9.59 Å². The van der Waals surface area contributed by atoms with Crippen molar-refractivity contribution < 1.29 is 4.74 Å². The highest BCUT2D eigenvalue weighted by molar-refractivity contribution is 7.15. The van der Waals surface area contributed by atoms with Gasteiger partial charge in [0.2, 0.25) is 4.96 Å². The molecule has 0 atom stereocenters. The lowest BCUT2D eigenvalue weighted by Crippen LogP contribution is -2.27. The first-order valence-electron chi connectivity index (χ1n) is 6.15. The molecule has 0 saturated heterocycles. The maximum atomic E-state index is 12.3. The third kappa shape index (κ3) is 2.43. The number of methoxy groups -OCH3 is 1. The van der Waals surface area contributed by atoms with E-state index in [2.05, 4.69) is 10.1 Å². The fourth-order valence-corrected chi connectivity index (χ4v) is 2.77. The molecule has 0 unspecified atom stereocenters. The lowest BCUT2D eigenvalue weighted by molar-refractivity contribution is 0.414. The number of hydrogen-bond donors (Lipinski definition) is 0. The number of ether oxygens (including phenoxy) is 1. The number of aromatic nitrogens is 3. The Kier molecular flexibility index (Phi) is 3.26. The summed E-state index contributed by atoms with van der Waals surface area (Å²) in [5, 5.41) is 3.97. The average Bonchev–Trinajstić information content (AvgIpc) is 2.76. The van der Waals surface area contributed by atoms with E-state index >= 15 is 0 Å². The van der Waals surface area contributed by atoms with Crippen molar-refractivity contribution in [1.29, 1.82) is 0 Å². The number of rotatable bonds is 2. The normalized spacial score (nSPS) is 12.0. The van der Waals surface area contributed by atoms with E-state index in [1.165, 1.54) is 6.92 Å². The fourth-order valence-electron chi connectivity index (χ4n) is 1.87. The first kappa shape index (κ1) is 13.4. The van der Waals surface area contributed by atoms with E-state index in [0.717, 1.165) is 21.4 Å². The maximum Gasteiger partial charge on any atom is 0.295 e.